The number of hydrogen-bond acceptors (Lipinski definition) is 5. The Morgan fingerprint density at radius 1 is 1.35 bits per heavy atom. The first-order valence-corrected chi connectivity index (χ1v) is 5.10. The largest absolute Gasteiger partial charge is 0.399 e. The molecule has 0 saturated carbocycles. The summed E-state index contributed by atoms with van der Waals surface area (Å²) in [6.07, 6.45) is 1.53. The third kappa shape index (κ3) is 3.30. The van der Waals surface area contributed by atoms with Gasteiger partial charge in [0.25, 0.3) is 0 Å². The van der Waals surface area contributed by atoms with Crippen molar-refractivity contribution in [2.24, 2.45) is 0 Å². The van der Waals surface area contributed by atoms with Crippen LogP contribution in [0.1, 0.15) is 11.4 Å². The van der Waals surface area contributed by atoms with E-state index in [1.807, 2.05) is 12.1 Å². The molecule has 0 unspecified atom stereocenters. The van der Waals surface area contributed by atoms with Gasteiger partial charge in [0.2, 0.25) is 12.3 Å². The molecule has 1 aromatic heterocycles. The molecule has 0 bridgehead atoms. The first-order chi connectivity index (χ1) is 8.24. The van der Waals surface area contributed by atoms with Gasteiger partial charge in [0, 0.05) is 5.69 Å². The number of anilines is 1. The molecule has 17 heavy (non-hydrogen) atoms. The molecule has 1 heterocycles. The molecule has 0 aliphatic heterocycles. The molecule has 0 aliphatic carbocycles. The Balaban J connectivity index is 1.83. The molecule has 0 saturated heterocycles. The predicted molar refractivity (Wildman–Crippen MR) is 60.7 cm³/mol. The number of carbonyl (C=O) groups is 1. The van der Waals surface area contributed by atoms with Gasteiger partial charge in [0.05, 0.1) is 13.0 Å². The van der Waals surface area contributed by atoms with Gasteiger partial charge in [-0.25, -0.2) is 0 Å². The van der Waals surface area contributed by atoms with E-state index in [4.69, 9.17) is 5.73 Å². The van der Waals surface area contributed by atoms with Crippen LogP contribution in [0.5, 0.6) is 0 Å². The van der Waals surface area contributed by atoms with Crippen molar-refractivity contribution in [3.63, 3.8) is 0 Å². The van der Waals surface area contributed by atoms with Crippen molar-refractivity contribution in [2.75, 3.05) is 5.73 Å². The third-order valence-corrected chi connectivity index (χ3v) is 2.20. The Morgan fingerprint density at radius 3 is 2.76 bits per heavy atom. The number of amides is 1. The summed E-state index contributed by atoms with van der Waals surface area (Å²) in [6, 6.07) is 7.18. The SMILES string of the molecule is Nc1ccc(CC(=O)NCc2ncon2)cc1. The fourth-order valence-corrected chi connectivity index (χ4v) is 1.33. The molecule has 0 fully saturated rings. The Morgan fingerprint density at radius 2 is 2.12 bits per heavy atom. The van der Waals surface area contributed by atoms with E-state index in [0.717, 1.165) is 5.56 Å². The Labute approximate surface area is 97.8 Å². The maximum atomic E-state index is 11.6. The summed E-state index contributed by atoms with van der Waals surface area (Å²) in [5.74, 6) is 0.357. The fourth-order valence-electron chi connectivity index (χ4n) is 1.33. The maximum Gasteiger partial charge on any atom is 0.224 e. The number of hydrogen-bond donors (Lipinski definition) is 2. The smallest absolute Gasteiger partial charge is 0.224 e. The molecule has 6 nitrogen and oxygen atoms in total. The van der Waals surface area contributed by atoms with Gasteiger partial charge in [-0.1, -0.05) is 17.3 Å². The van der Waals surface area contributed by atoms with Crippen LogP contribution >= 0.6 is 0 Å². The summed E-state index contributed by atoms with van der Waals surface area (Å²) in [5.41, 5.74) is 7.14. The summed E-state index contributed by atoms with van der Waals surface area (Å²) in [5, 5.41) is 6.28. The van der Waals surface area contributed by atoms with Gasteiger partial charge < -0.3 is 15.6 Å². The van der Waals surface area contributed by atoms with Gasteiger partial charge in [0.1, 0.15) is 0 Å². The van der Waals surface area contributed by atoms with Crippen LogP contribution in [0.2, 0.25) is 0 Å². The third-order valence-electron chi connectivity index (χ3n) is 2.20. The molecule has 0 spiro atoms. The van der Waals surface area contributed by atoms with E-state index in [1.165, 1.54) is 6.39 Å². The second-order valence-electron chi connectivity index (χ2n) is 3.54. The average molecular weight is 232 g/mol. The molecule has 0 aliphatic rings. The molecule has 2 aromatic rings. The van der Waals surface area contributed by atoms with E-state index in [-0.39, 0.29) is 12.5 Å². The van der Waals surface area contributed by atoms with Crippen molar-refractivity contribution in [1.82, 2.24) is 15.5 Å². The van der Waals surface area contributed by atoms with E-state index >= 15 is 0 Å². The first kappa shape index (κ1) is 11.1. The zero-order valence-corrected chi connectivity index (χ0v) is 9.09. The Bertz CT molecular complexity index is 479. The van der Waals surface area contributed by atoms with Crippen molar-refractivity contribution in [2.45, 2.75) is 13.0 Å². The highest BCUT2D eigenvalue weighted by atomic mass is 16.5. The number of benzene rings is 1. The number of carbonyl (C=O) groups excluding carboxylic acids is 1. The van der Waals surface area contributed by atoms with Crippen molar-refractivity contribution >= 4 is 11.6 Å². The van der Waals surface area contributed by atoms with Crippen LogP contribution in [0.25, 0.3) is 0 Å². The second-order valence-corrected chi connectivity index (χ2v) is 3.54. The summed E-state index contributed by atoms with van der Waals surface area (Å²) in [7, 11) is 0. The van der Waals surface area contributed by atoms with E-state index in [1.54, 1.807) is 12.1 Å². The standard InChI is InChI=1S/C11H12N4O2/c12-9-3-1-8(2-4-9)5-11(16)13-6-10-14-7-17-15-10/h1-4,7H,5-6,12H2,(H,13,16). The zero-order chi connectivity index (χ0) is 12.1. The molecule has 1 amide bonds. The van der Waals surface area contributed by atoms with Crippen LogP contribution in [-0.2, 0) is 17.8 Å². The zero-order valence-electron chi connectivity index (χ0n) is 9.09. The number of nitrogens with one attached hydrogen (secondary N) is 1. The molecule has 1 aromatic carbocycles. The van der Waals surface area contributed by atoms with Crippen molar-refractivity contribution < 1.29 is 9.32 Å². The summed E-state index contributed by atoms with van der Waals surface area (Å²) >= 11 is 0. The van der Waals surface area contributed by atoms with E-state index < -0.39 is 0 Å². The Kier molecular flexibility index (Phi) is 3.34. The maximum absolute atomic E-state index is 11.6. The average Bonchev–Trinajstić information content (AvgIpc) is 2.83. The quantitative estimate of drug-likeness (QED) is 0.749. The van der Waals surface area contributed by atoms with Crippen molar-refractivity contribution in [3.05, 3.63) is 42.0 Å². The monoisotopic (exact) mass is 232 g/mol. The topological polar surface area (TPSA) is 94.0 Å². The van der Waals surface area contributed by atoms with Gasteiger partial charge in [-0.2, -0.15) is 4.98 Å². The highest BCUT2D eigenvalue weighted by Crippen LogP contribution is 2.05. The summed E-state index contributed by atoms with van der Waals surface area (Å²) in [6.45, 7) is 0.268. The lowest BCUT2D eigenvalue weighted by molar-refractivity contribution is -0.120. The molecule has 0 atom stereocenters. The number of nitrogens with two attached hydrogens (primary N) is 1. The minimum absolute atomic E-state index is 0.0976. The molecular weight excluding hydrogens is 220 g/mol. The van der Waals surface area contributed by atoms with E-state index in [2.05, 4.69) is 20.0 Å². The molecule has 88 valence electrons. The highest BCUT2D eigenvalue weighted by molar-refractivity contribution is 5.78. The predicted octanol–water partition coefficient (Wildman–Crippen LogP) is 0.511. The van der Waals surface area contributed by atoms with E-state index in [9.17, 15) is 4.79 Å². The molecule has 3 N–H and O–H groups in total. The van der Waals surface area contributed by atoms with Gasteiger partial charge in [-0.15, -0.1) is 0 Å². The fraction of sp³-hybridized carbons (Fsp3) is 0.182. The molecule has 2 rings (SSSR count). The lowest BCUT2D eigenvalue weighted by atomic mass is 10.1. The van der Waals surface area contributed by atoms with E-state index in [0.29, 0.717) is 17.9 Å². The summed E-state index contributed by atoms with van der Waals surface area (Å²) < 4.78 is 4.55. The van der Waals surface area contributed by atoms with Crippen LogP contribution < -0.4 is 11.1 Å². The molecular formula is C11H12N4O2. The van der Waals surface area contributed by atoms with Gasteiger partial charge in [-0.3, -0.25) is 4.79 Å². The van der Waals surface area contributed by atoms with Crippen LogP contribution in [-0.4, -0.2) is 16.0 Å². The normalized spacial score (nSPS) is 10.1. The van der Waals surface area contributed by atoms with Crippen LogP contribution in [0.15, 0.2) is 35.2 Å². The van der Waals surface area contributed by atoms with Gasteiger partial charge >= 0.3 is 0 Å². The minimum atomic E-state index is -0.0976. The first-order valence-electron chi connectivity index (χ1n) is 5.10. The van der Waals surface area contributed by atoms with Crippen molar-refractivity contribution in [3.8, 4) is 0 Å². The lowest BCUT2D eigenvalue weighted by Crippen LogP contribution is -2.25. The van der Waals surface area contributed by atoms with Crippen molar-refractivity contribution in [1.29, 1.82) is 0 Å². The summed E-state index contributed by atoms with van der Waals surface area (Å²) in [4.78, 5) is 15.4. The number of aromatic nitrogens is 2. The molecule has 6 heteroatoms. The number of nitrogen functional groups attached to an aromatic ring is 1. The Hall–Kier alpha value is -2.37. The second kappa shape index (κ2) is 5.11. The van der Waals surface area contributed by atoms with Crippen LogP contribution in [0.4, 0.5) is 5.69 Å². The van der Waals surface area contributed by atoms with Crippen LogP contribution in [0, 0.1) is 0 Å². The lowest BCUT2D eigenvalue weighted by Gasteiger charge is -2.03. The minimum Gasteiger partial charge on any atom is -0.399 e. The number of rotatable bonds is 4. The van der Waals surface area contributed by atoms with Gasteiger partial charge in [-0.05, 0) is 17.7 Å². The molecule has 0 radical (unpaired) electrons. The highest BCUT2D eigenvalue weighted by Gasteiger charge is 2.04. The van der Waals surface area contributed by atoms with Crippen LogP contribution in [0.3, 0.4) is 0 Å². The number of nitrogens with zero attached hydrogens (tertiary/aromatic N) is 2. The van der Waals surface area contributed by atoms with Gasteiger partial charge in [0.15, 0.2) is 5.82 Å².